The molecule has 3 heterocycles. The zero-order valence-corrected chi connectivity index (χ0v) is 20.5. The number of nitrogens with zero attached hydrogens (tertiary/aromatic N) is 3. The Morgan fingerprint density at radius 1 is 1.29 bits per heavy atom. The summed E-state index contributed by atoms with van der Waals surface area (Å²) in [5, 5.41) is 3.08. The van der Waals surface area contributed by atoms with Crippen LogP contribution in [0.1, 0.15) is 58.7 Å². The summed E-state index contributed by atoms with van der Waals surface area (Å²) in [5.74, 6) is -0.162. The van der Waals surface area contributed by atoms with Crippen molar-refractivity contribution >= 4 is 17.2 Å². The molecule has 6 nitrogen and oxygen atoms in total. The summed E-state index contributed by atoms with van der Waals surface area (Å²) in [7, 11) is 0. The first-order valence-corrected chi connectivity index (χ1v) is 12.7. The molecule has 2 aromatic heterocycles. The second-order valence-corrected chi connectivity index (χ2v) is 10.4. The zero-order valence-electron chi connectivity index (χ0n) is 19.7. The number of pyridine rings is 1. The highest BCUT2D eigenvalue weighted by Crippen LogP contribution is 2.36. The van der Waals surface area contributed by atoms with E-state index in [1.54, 1.807) is 25.3 Å². The van der Waals surface area contributed by atoms with Crippen molar-refractivity contribution in [1.82, 2.24) is 20.2 Å². The van der Waals surface area contributed by atoms with E-state index in [0.29, 0.717) is 75.8 Å². The number of alkyl halides is 4. The molecule has 2 aromatic rings. The van der Waals surface area contributed by atoms with Gasteiger partial charge < -0.3 is 15.0 Å². The van der Waals surface area contributed by atoms with E-state index in [4.69, 9.17) is 4.74 Å². The van der Waals surface area contributed by atoms with Crippen LogP contribution in [-0.2, 0) is 12.8 Å². The topological polar surface area (TPSA) is 67.4 Å². The van der Waals surface area contributed by atoms with Crippen molar-refractivity contribution in [3.8, 4) is 5.19 Å². The number of carbonyl (C=O) groups excluding carboxylic acids is 1. The summed E-state index contributed by atoms with van der Waals surface area (Å²) in [6, 6.07) is 3.43. The van der Waals surface area contributed by atoms with Crippen LogP contribution in [-0.4, -0.2) is 64.9 Å². The standard InChI is InChI=1S/C24H30F4N4O2S/c1-16-18(3-2-11-29-16)21(33)30-17-4-8-23(25,9-5-17)10-14-32-12-6-19-20(7-13-32)35-22(31-19)34-15-24(26,27)28/h2-3,11,17H,4-10,12-15H2,1H3,(H,30,33)/t17-,23+. The van der Waals surface area contributed by atoms with Crippen LogP contribution in [0.15, 0.2) is 18.3 Å². The molecule has 35 heavy (non-hydrogen) atoms. The number of amides is 1. The number of nitrogens with one attached hydrogen (secondary N) is 1. The number of hydrogen-bond donors (Lipinski definition) is 1. The van der Waals surface area contributed by atoms with Gasteiger partial charge in [0.25, 0.3) is 11.1 Å². The van der Waals surface area contributed by atoms with Gasteiger partial charge in [0.15, 0.2) is 6.61 Å². The zero-order chi connectivity index (χ0) is 25.1. The fourth-order valence-electron chi connectivity index (χ4n) is 4.69. The van der Waals surface area contributed by atoms with Crippen molar-refractivity contribution in [2.45, 2.75) is 69.8 Å². The average molecular weight is 515 g/mol. The van der Waals surface area contributed by atoms with Gasteiger partial charge in [0, 0.05) is 48.9 Å². The molecule has 1 fully saturated rings. The van der Waals surface area contributed by atoms with Crippen molar-refractivity contribution in [3.63, 3.8) is 0 Å². The van der Waals surface area contributed by atoms with Crippen molar-refractivity contribution in [3.05, 3.63) is 40.2 Å². The number of ether oxygens (including phenoxy) is 1. The van der Waals surface area contributed by atoms with E-state index in [1.807, 2.05) is 0 Å². The highest BCUT2D eigenvalue weighted by Gasteiger charge is 2.36. The third-order valence-corrected chi connectivity index (χ3v) is 7.85. The van der Waals surface area contributed by atoms with Crippen molar-refractivity contribution in [1.29, 1.82) is 0 Å². The predicted octanol–water partition coefficient (Wildman–Crippen LogP) is 4.66. The van der Waals surface area contributed by atoms with Crippen molar-refractivity contribution in [2.24, 2.45) is 0 Å². The first-order valence-electron chi connectivity index (χ1n) is 11.9. The summed E-state index contributed by atoms with van der Waals surface area (Å²) in [4.78, 5) is 24.0. The maximum absolute atomic E-state index is 15.5. The van der Waals surface area contributed by atoms with Gasteiger partial charge in [0.1, 0.15) is 5.67 Å². The van der Waals surface area contributed by atoms with E-state index in [2.05, 4.69) is 20.2 Å². The Morgan fingerprint density at radius 3 is 2.74 bits per heavy atom. The smallest absolute Gasteiger partial charge is 0.422 e. The molecule has 0 unspecified atom stereocenters. The molecule has 0 aromatic carbocycles. The Morgan fingerprint density at radius 2 is 2.03 bits per heavy atom. The van der Waals surface area contributed by atoms with Gasteiger partial charge in [-0.2, -0.15) is 13.2 Å². The number of carbonyl (C=O) groups is 1. The van der Waals surface area contributed by atoms with Gasteiger partial charge in [-0.25, -0.2) is 9.37 Å². The fraction of sp³-hybridized carbons (Fsp3) is 0.625. The van der Waals surface area contributed by atoms with E-state index in [0.717, 1.165) is 10.6 Å². The Bertz CT molecular complexity index is 996. The lowest BCUT2D eigenvalue weighted by Crippen LogP contribution is -2.43. The molecule has 11 heteroatoms. The summed E-state index contributed by atoms with van der Waals surface area (Å²) in [6.07, 6.45) is 0.994. The molecule has 192 valence electrons. The van der Waals surface area contributed by atoms with Crippen molar-refractivity contribution < 1.29 is 27.1 Å². The lowest BCUT2D eigenvalue weighted by atomic mass is 9.81. The number of halogens is 4. The van der Waals surface area contributed by atoms with Gasteiger partial charge >= 0.3 is 6.18 Å². The van der Waals surface area contributed by atoms with E-state index in [1.165, 1.54) is 11.3 Å². The van der Waals surface area contributed by atoms with Crippen molar-refractivity contribution in [2.75, 3.05) is 26.2 Å². The lowest BCUT2D eigenvalue weighted by molar-refractivity contribution is -0.153. The number of thiazole rings is 1. The van der Waals surface area contributed by atoms with Crippen LogP contribution < -0.4 is 10.1 Å². The fourth-order valence-corrected chi connectivity index (χ4v) is 5.63. The highest BCUT2D eigenvalue weighted by atomic mass is 32.1. The Kier molecular flexibility index (Phi) is 7.95. The summed E-state index contributed by atoms with van der Waals surface area (Å²) < 4.78 is 57.4. The lowest BCUT2D eigenvalue weighted by Gasteiger charge is -2.35. The minimum Gasteiger partial charge on any atom is -0.460 e. The van der Waals surface area contributed by atoms with E-state index in [-0.39, 0.29) is 17.1 Å². The molecule has 1 aliphatic carbocycles. The monoisotopic (exact) mass is 514 g/mol. The maximum atomic E-state index is 15.5. The molecule has 0 atom stereocenters. The molecule has 0 spiro atoms. The third kappa shape index (κ3) is 7.13. The predicted molar refractivity (Wildman–Crippen MR) is 125 cm³/mol. The second-order valence-electron chi connectivity index (χ2n) is 9.38. The van der Waals surface area contributed by atoms with E-state index >= 15 is 4.39 Å². The SMILES string of the molecule is Cc1ncccc1C(=O)N[C@H]1CC[C@](F)(CCN2CCc3nc(OCC(F)(F)F)sc3CC2)CC1. The minimum atomic E-state index is -4.38. The number of aromatic nitrogens is 2. The maximum Gasteiger partial charge on any atom is 0.422 e. The molecule has 1 saturated carbocycles. The quantitative estimate of drug-likeness (QED) is 0.545. The van der Waals surface area contributed by atoms with Gasteiger partial charge in [-0.05, 0) is 57.6 Å². The van der Waals surface area contributed by atoms with Crippen LogP contribution in [0.4, 0.5) is 17.6 Å². The van der Waals surface area contributed by atoms with Gasteiger partial charge in [-0.3, -0.25) is 9.78 Å². The summed E-state index contributed by atoms with van der Waals surface area (Å²) in [5.41, 5.74) is 0.754. The van der Waals surface area contributed by atoms with Crippen LogP contribution in [0.3, 0.4) is 0 Å². The van der Waals surface area contributed by atoms with Gasteiger partial charge in [0.05, 0.1) is 11.3 Å². The highest BCUT2D eigenvalue weighted by molar-refractivity contribution is 7.13. The number of rotatable bonds is 7. The molecule has 0 bridgehead atoms. The first-order chi connectivity index (χ1) is 16.6. The molecule has 4 rings (SSSR count). The normalized spacial score (nSPS) is 23.4. The Labute approximate surface area is 206 Å². The molecular weight excluding hydrogens is 484 g/mol. The van der Waals surface area contributed by atoms with Crippen LogP contribution in [0.25, 0.3) is 0 Å². The minimum absolute atomic E-state index is 0.0417. The molecule has 2 aliphatic rings. The summed E-state index contributed by atoms with van der Waals surface area (Å²) in [6.45, 7) is 2.48. The van der Waals surface area contributed by atoms with Crippen LogP contribution in [0.5, 0.6) is 5.19 Å². The molecule has 1 N–H and O–H groups in total. The van der Waals surface area contributed by atoms with Crippen LogP contribution >= 0.6 is 11.3 Å². The molecule has 0 saturated heterocycles. The summed E-state index contributed by atoms with van der Waals surface area (Å²) >= 11 is 1.17. The van der Waals surface area contributed by atoms with Crippen LogP contribution in [0.2, 0.25) is 0 Å². The third-order valence-electron chi connectivity index (χ3n) is 6.78. The average Bonchev–Trinajstić information content (AvgIpc) is 3.11. The van der Waals surface area contributed by atoms with Gasteiger partial charge in [-0.15, -0.1) is 0 Å². The number of fused-ring (bicyclic) bond motifs is 1. The molecule has 0 radical (unpaired) electrons. The largest absolute Gasteiger partial charge is 0.460 e. The number of hydrogen-bond acceptors (Lipinski definition) is 6. The second kappa shape index (κ2) is 10.8. The molecular formula is C24H30F4N4O2S. The Hall–Kier alpha value is -2.27. The van der Waals surface area contributed by atoms with Gasteiger partial charge in [-0.1, -0.05) is 11.3 Å². The Balaban J connectivity index is 1.20. The van der Waals surface area contributed by atoms with Crippen LogP contribution in [0, 0.1) is 6.92 Å². The van der Waals surface area contributed by atoms with Gasteiger partial charge in [0.2, 0.25) is 0 Å². The van der Waals surface area contributed by atoms with E-state index in [9.17, 15) is 18.0 Å². The molecule has 1 amide bonds. The van der Waals surface area contributed by atoms with E-state index < -0.39 is 18.5 Å². The number of aryl methyl sites for hydroxylation is 1. The molecule has 1 aliphatic heterocycles. The first kappa shape index (κ1) is 25.8.